The summed E-state index contributed by atoms with van der Waals surface area (Å²) in [5.74, 6) is 0.187. The van der Waals surface area contributed by atoms with Gasteiger partial charge in [-0.15, -0.1) is 0 Å². The Hall–Kier alpha value is -0.610. The first-order valence-corrected chi connectivity index (χ1v) is 5.80. The third kappa shape index (κ3) is 2.92. The van der Waals surface area contributed by atoms with E-state index in [0.717, 1.165) is 39.0 Å². The van der Waals surface area contributed by atoms with E-state index in [9.17, 15) is 4.79 Å². The molecule has 2 saturated heterocycles. The summed E-state index contributed by atoms with van der Waals surface area (Å²) in [4.78, 5) is 11.0. The van der Waals surface area contributed by atoms with Crippen molar-refractivity contribution in [3.05, 3.63) is 0 Å². The van der Waals surface area contributed by atoms with Gasteiger partial charge in [0.15, 0.2) is 0 Å². The van der Waals surface area contributed by atoms with E-state index in [0.29, 0.717) is 12.5 Å². The van der Waals surface area contributed by atoms with Crippen LogP contribution in [-0.4, -0.2) is 37.2 Å². The molecule has 0 aromatic rings. The van der Waals surface area contributed by atoms with Crippen LogP contribution in [-0.2, 0) is 9.53 Å². The van der Waals surface area contributed by atoms with E-state index in [2.05, 4.69) is 17.6 Å². The van der Waals surface area contributed by atoms with Gasteiger partial charge in [-0.3, -0.25) is 4.79 Å². The Morgan fingerprint density at radius 1 is 1.67 bits per heavy atom. The minimum Gasteiger partial charge on any atom is -0.380 e. The predicted molar refractivity (Wildman–Crippen MR) is 57.6 cm³/mol. The smallest absolute Gasteiger partial charge is 0.220 e. The zero-order chi connectivity index (χ0) is 10.7. The minimum atomic E-state index is 0.103. The number of nitrogens with one attached hydrogen (secondary N) is 2. The van der Waals surface area contributed by atoms with Gasteiger partial charge in [-0.25, -0.2) is 0 Å². The molecule has 2 aliphatic heterocycles. The Balaban J connectivity index is 1.74. The summed E-state index contributed by atoms with van der Waals surface area (Å²) in [5, 5.41) is 6.49. The van der Waals surface area contributed by atoms with Crippen molar-refractivity contribution in [2.75, 3.05) is 19.8 Å². The highest BCUT2D eigenvalue weighted by Gasteiger charge is 2.29. The summed E-state index contributed by atoms with van der Waals surface area (Å²) in [7, 11) is 0. The Kier molecular flexibility index (Phi) is 3.26. The standard InChI is InChI=1S/C11H20N2O2/c1-11(5-2-6-15-8-11)12-7-9-3-4-10(14)13-9/h9,12H,2-8H2,1H3,(H,13,14). The summed E-state index contributed by atoms with van der Waals surface area (Å²) in [5.41, 5.74) is 0.103. The Morgan fingerprint density at radius 3 is 3.13 bits per heavy atom. The Labute approximate surface area is 90.8 Å². The predicted octanol–water partition coefficient (Wildman–Crippen LogP) is 0.424. The van der Waals surface area contributed by atoms with Gasteiger partial charge in [0.2, 0.25) is 5.91 Å². The quantitative estimate of drug-likeness (QED) is 0.713. The van der Waals surface area contributed by atoms with Gasteiger partial charge in [0.1, 0.15) is 0 Å². The highest BCUT2D eigenvalue weighted by Crippen LogP contribution is 2.18. The number of hydrogen-bond donors (Lipinski definition) is 2. The van der Waals surface area contributed by atoms with Crippen molar-refractivity contribution >= 4 is 5.91 Å². The lowest BCUT2D eigenvalue weighted by molar-refractivity contribution is -0.119. The van der Waals surface area contributed by atoms with Crippen molar-refractivity contribution < 1.29 is 9.53 Å². The maximum absolute atomic E-state index is 11.0. The summed E-state index contributed by atoms with van der Waals surface area (Å²) >= 11 is 0. The molecule has 4 heteroatoms. The van der Waals surface area contributed by atoms with Crippen molar-refractivity contribution in [3.63, 3.8) is 0 Å². The molecule has 15 heavy (non-hydrogen) atoms. The molecule has 0 aromatic heterocycles. The topological polar surface area (TPSA) is 50.4 Å². The van der Waals surface area contributed by atoms with Crippen molar-refractivity contribution in [2.45, 2.75) is 44.2 Å². The number of hydrogen-bond acceptors (Lipinski definition) is 3. The largest absolute Gasteiger partial charge is 0.380 e. The number of carbonyl (C=O) groups excluding carboxylic acids is 1. The van der Waals surface area contributed by atoms with Gasteiger partial charge in [-0.1, -0.05) is 0 Å². The molecule has 2 fully saturated rings. The van der Waals surface area contributed by atoms with Gasteiger partial charge in [-0.05, 0) is 26.2 Å². The number of carbonyl (C=O) groups is 1. The van der Waals surface area contributed by atoms with Gasteiger partial charge in [0.25, 0.3) is 0 Å². The highest BCUT2D eigenvalue weighted by molar-refractivity contribution is 5.78. The van der Waals surface area contributed by atoms with Crippen LogP contribution in [0.15, 0.2) is 0 Å². The molecule has 0 aliphatic carbocycles. The van der Waals surface area contributed by atoms with Crippen LogP contribution in [0.4, 0.5) is 0 Å². The first-order valence-electron chi connectivity index (χ1n) is 5.80. The third-order valence-electron chi connectivity index (χ3n) is 3.30. The molecule has 2 heterocycles. The van der Waals surface area contributed by atoms with E-state index in [1.165, 1.54) is 0 Å². The lowest BCUT2D eigenvalue weighted by Crippen LogP contribution is -2.52. The van der Waals surface area contributed by atoms with E-state index in [-0.39, 0.29) is 11.4 Å². The molecule has 0 bridgehead atoms. The van der Waals surface area contributed by atoms with Crippen molar-refractivity contribution in [1.82, 2.24) is 10.6 Å². The second kappa shape index (κ2) is 4.49. The molecule has 2 N–H and O–H groups in total. The first kappa shape index (κ1) is 10.9. The van der Waals surface area contributed by atoms with E-state index in [1.54, 1.807) is 0 Å². The molecular weight excluding hydrogens is 192 g/mol. The molecule has 2 atom stereocenters. The highest BCUT2D eigenvalue weighted by atomic mass is 16.5. The average Bonchev–Trinajstić information content (AvgIpc) is 2.63. The van der Waals surface area contributed by atoms with Crippen LogP contribution < -0.4 is 10.6 Å². The van der Waals surface area contributed by atoms with Gasteiger partial charge < -0.3 is 15.4 Å². The number of rotatable bonds is 3. The maximum atomic E-state index is 11.0. The molecule has 86 valence electrons. The average molecular weight is 212 g/mol. The fourth-order valence-electron chi connectivity index (χ4n) is 2.27. The van der Waals surface area contributed by atoms with Crippen LogP contribution in [0.1, 0.15) is 32.6 Å². The van der Waals surface area contributed by atoms with Crippen LogP contribution in [0.5, 0.6) is 0 Å². The summed E-state index contributed by atoms with van der Waals surface area (Å²) in [6.45, 7) is 4.74. The number of ether oxygens (including phenoxy) is 1. The van der Waals surface area contributed by atoms with Crippen LogP contribution in [0.3, 0.4) is 0 Å². The molecule has 0 radical (unpaired) electrons. The molecule has 0 aromatic carbocycles. The fraction of sp³-hybridized carbons (Fsp3) is 0.909. The lowest BCUT2D eigenvalue weighted by Gasteiger charge is -2.35. The Bertz CT molecular complexity index is 237. The van der Waals surface area contributed by atoms with Crippen LogP contribution in [0.2, 0.25) is 0 Å². The molecule has 2 rings (SSSR count). The Morgan fingerprint density at radius 2 is 2.53 bits per heavy atom. The van der Waals surface area contributed by atoms with Crippen LogP contribution >= 0.6 is 0 Å². The van der Waals surface area contributed by atoms with Gasteiger partial charge in [0, 0.05) is 31.2 Å². The zero-order valence-electron chi connectivity index (χ0n) is 9.34. The molecular formula is C11H20N2O2. The number of amides is 1. The molecule has 0 spiro atoms. The zero-order valence-corrected chi connectivity index (χ0v) is 9.34. The maximum Gasteiger partial charge on any atom is 0.220 e. The molecule has 1 amide bonds. The van der Waals surface area contributed by atoms with E-state index < -0.39 is 0 Å². The second-order valence-corrected chi connectivity index (χ2v) is 4.90. The van der Waals surface area contributed by atoms with Gasteiger partial charge in [0.05, 0.1) is 6.61 Å². The minimum absolute atomic E-state index is 0.103. The summed E-state index contributed by atoms with van der Waals surface area (Å²) in [6, 6.07) is 0.316. The summed E-state index contributed by atoms with van der Waals surface area (Å²) < 4.78 is 5.47. The third-order valence-corrected chi connectivity index (χ3v) is 3.30. The second-order valence-electron chi connectivity index (χ2n) is 4.90. The normalized spacial score (nSPS) is 36.6. The van der Waals surface area contributed by atoms with E-state index >= 15 is 0 Å². The van der Waals surface area contributed by atoms with Crippen molar-refractivity contribution in [3.8, 4) is 0 Å². The molecule has 2 aliphatic rings. The van der Waals surface area contributed by atoms with E-state index in [1.807, 2.05) is 0 Å². The van der Waals surface area contributed by atoms with Crippen LogP contribution in [0.25, 0.3) is 0 Å². The van der Waals surface area contributed by atoms with Gasteiger partial charge >= 0.3 is 0 Å². The van der Waals surface area contributed by atoms with Gasteiger partial charge in [-0.2, -0.15) is 0 Å². The lowest BCUT2D eigenvalue weighted by atomic mass is 9.94. The van der Waals surface area contributed by atoms with E-state index in [4.69, 9.17) is 4.74 Å². The molecule has 2 unspecified atom stereocenters. The summed E-state index contributed by atoms with van der Waals surface area (Å²) in [6.07, 6.45) is 3.93. The monoisotopic (exact) mass is 212 g/mol. The van der Waals surface area contributed by atoms with Crippen molar-refractivity contribution in [1.29, 1.82) is 0 Å². The van der Waals surface area contributed by atoms with Crippen molar-refractivity contribution in [2.24, 2.45) is 0 Å². The fourth-order valence-corrected chi connectivity index (χ4v) is 2.27. The van der Waals surface area contributed by atoms with Crippen LogP contribution in [0, 0.1) is 0 Å². The first-order chi connectivity index (χ1) is 7.18. The molecule has 4 nitrogen and oxygen atoms in total. The SMILES string of the molecule is CC1(NCC2CCC(=O)N2)CCCOC1. The molecule has 0 saturated carbocycles.